The third-order valence-corrected chi connectivity index (χ3v) is 2.84. The number of likely N-dealkylation sites (tertiary alicyclic amines) is 1. The molecule has 1 heterocycles. The van der Waals surface area contributed by atoms with Gasteiger partial charge in [0.05, 0.1) is 0 Å². The van der Waals surface area contributed by atoms with E-state index >= 15 is 0 Å². The van der Waals surface area contributed by atoms with Crippen molar-refractivity contribution < 1.29 is 5.11 Å². The lowest BCUT2D eigenvalue weighted by Gasteiger charge is -2.36. The topological polar surface area (TPSA) is 23.5 Å². The number of aliphatic hydroxyl groups is 1. The van der Waals surface area contributed by atoms with Crippen LogP contribution in [0.1, 0.15) is 40.0 Å². The first-order chi connectivity index (χ1) is 6.51. The van der Waals surface area contributed by atoms with E-state index in [-0.39, 0.29) is 0 Å². The molecule has 14 heavy (non-hydrogen) atoms. The van der Waals surface area contributed by atoms with Gasteiger partial charge >= 0.3 is 0 Å². The number of aliphatic hydroxyl groups excluding tert-OH is 1. The number of hydrogen-bond donors (Lipinski definition) is 1. The second-order valence-corrected chi connectivity index (χ2v) is 5.82. The van der Waals surface area contributed by atoms with Gasteiger partial charge in [0.1, 0.15) is 0 Å². The largest absolute Gasteiger partial charge is 0.396 e. The van der Waals surface area contributed by atoms with Crippen molar-refractivity contribution in [2.75, 3.05) is 26.2 Å². The molecule has 1 fully saturated rings. The zero-order chi connectivity index (χ0) is 10.6. The molecule has 1 N–H and O–H groups in total. The van der Waals surface area contributed by atoms with Gasteiger partial charge in [-0.15, -0.1) is 0 Å². The SMILES string of the molecule is CC(C)(C)CN1CCCC(CCO)C1. The minimum atomic E-state index is 0.355. The Morgan fingerprint density at radius 2 is 2.07 bits per heavy atom. The van der Waals surface area contributed by atoms with Crippen molar-refractivity contribution in [1.29, 1.82) is 0 Å². The molecule has 0 saturated carbocycles. The predicted molar refractivity (Wildman–Crippen MR) is 60.3 cm³/mol. The van der Waals surface area contributed by atoms with E-state index in [0.717, 1.165) is 12.3 Å². The van der Waals surface area contributed by atoms with Gasteiger partial charge in [0, 0.05) is 19.7 Å². The summed E-state index contributed by atoms with van der Waals surface area (Å²) < 4.78 is 0. The minimum absolute atomic E-state index is 0.355. The van der Waals surface area contributed by atoms with Crippen LogP contribution in [0.5, 0.6) is 0 Å². The zero-order valence-electron chi connectivity index (χ0n) is 9.92. The summed E-state index contributed by atoms with van der Waals surface area (Å²) in [5, 5.41) is 8.92. The van der Waals surface area contributed by atoms with Crippen LogP contribution in [0.4, 0.5) is 0 Å². The first-order valence-corrected chi connectivity index (χ1v) is 5.84. The minimum Gasteiger partial charge on any atom is -0.396 e. The Kier molecular flexibility index (Phi) is 4.39. The molecule has 2 heteroatoms. The van der Waals surface area contributed by atoms with E-state index in [1.54, 1.807) is 0 Å². The highest BCUT2D eigenvalue weighted by atomic mass is 16.3. The van der Waals surface area contributed by atoms with Gasteiger partial charge in [-0.1, -0.05) is 20.8 Å². The molecule has 84 valence electrons. The Balaban J connectivity index is 2.32. The van der Waals surface area contributed by atoms with Gasteiger partial charge in [0.2, 0.25) is 0 Å². The molecule has 0 bridgehead atoms. The fourth-order valence-electron chi connectivity index (χ4n) is 2.38. The van der Waals surface area contributed by atoms with Crippen LogP contribution in [0, 0.1) is 11.3 Å². The predicted octanol–water partition coefficient (Wildman–Crippen LogP) is 2.13. The van der Waals surface area contributed by atoms with Crippen molar-refractivity contribution >= 4 is 0 Å². The third-order valence-electron chi connectivity index (χ3n) is 2.84. The van der Waals surface area contributed by atoms with Crippen molar-refractivity contribution in [3.8, 4) is 0 Å². The Morgan fingerprint density at radius 1 is 1.36 bits per heavy atom. The quantitative estimate of drug-likeness (QED) is 0.752. The molecule has 1 aliphatic rings. The smallest absolute Gasteiger partial charge is 0.0434 e. The van der Waals surface area contributed by atoms with Gasteiger partial charge < -0.3 is 10.0 Å². The zero-order valence-corrected chi connectivity index (χ0v) is 9.92. The molecule has 0 aromatic carbocycles. The van der Waals surface area contributed by atoms with Gasteiger partial charge in [0.15, 0.2) is 0 Å². The summed E-state index contributed by atoms with van der Waals surface area (Å²) in [6, 6.07) is 0. The van der Waals surface area contributed by atoms with E-state index in [1.165, 1.54) is 32.5 Å². The summed E-state index contributed by atoms with van der Waals surface area (Å²) in [6.45, 7) is 10.9. The summed E-state index contributed by atoms with van der Waals surface area (Å²) in [5.41, 5.74) is 0.404. The van der Waals surface area contributed by atoms with Crippen LogP contribution < -0.4 is 0 Å². The first-order valence-electron chi connectivity index (χ1n) is 5.84. The van der Waals surface area contributed by atoms with Gasteiger partial charge in [-0.25, -0.2) is 0 Å². The lowest BCUT2D eigenvalue weighted by molar-refractivity contribution is 0.114. The average Bonchev–Trinajstić information content (AvgIpc) is 2.02. The van der Waals surface area contributed by atoms with Crippen molar-refractivity contribution in [1.82, 2.24) is 4.90 Å². The van der Waals surface area contributed by atoms with E-state index in [0.29, 0.717) is 12.0 Å². The van der Waals surface area contributed by atoms with E-state index < -0.39 is 0 Å². The standard InChI is InChI=1S/C12H25NO/c1-12(2,3)10-13-7-4-5-11(9-13)6-8-14/h11,14H,4-10H2,1-3H3. The molecule has 0 aromatic heterocycles. The fraction of sp³-hybridized carbons (Fsp3) is 1.00. The third kappa shape index (κ3) is 4.43. The summed E-state index contributed by atoms with van der Waals surface area (Å²) >= 11 is 0. The summed E-state index contributed by atoms with van der Waals surface area (Å²) in [6.07, 6.45) is 3.60. The van der Waals surface area contributed by atoms with E-state index in [1.807, 2.05) is 0 Å². The lowest BCUT2D eigenvalue weighted by atomic mass is 9.91. The van der Waals surface area contributed by atoms with E-state index in [2.05, 4.69) is 25.7 Å². The molecular weight excluding hydrogens is 174 g/mol. The van der Waals surface area contributed by atoms with Crippen LogP contribution in [-0.4, -0.2) is 36.2 Å². The van der Waals surface area contributed by atoms with Gasteiger partial charge in [-0.2, -0.15) is 0 Å². The van der Waals surface area contributed by atoms with Crippen molar-refractivity contribution in [2.45, 2.75) is 40.0 Å². The van der Waals surface area contributed by atoms with Crippen molar-refractivity contribution in [3.05, 3.63) is 0 Å². The maximum atomic E-state index is 8.92. The summed E-state index contributed by atoms with van der Waals surface area (Å²) in [7, 11) is 0. The highest BCUT2D eigenvalue weighted by Crippen LogP contribution is 2.23. The Morgan fingerprint density at radius 3 is 2.64 bits per heavy atom. The number of rotatable bonds is 3. The van der Waals surface area contributed by atoms with Gasteiger partial charge in [-0.3, -0.25) is 0 Å². The van der Waals surface area contributed by atoms with Crippen LogP contribution >= 0.6 is 0 Å². The maximum Gasteiger partial charge on any atom is 0.0434 e. The summed E-state index contributed by atoms with van der Waals surface area (Å²) in [4.78, 5) is 2.56. The maximum absolute atomic E-state index is 8.92. The second kappa shape index (κ2) is 5.13. The number of piperidine rings is 1. The molecule has 1 atom stereocenters. The normalized spacial score (nSPS) is 25.3. The molecule has 2 nitrogen and oxygen atoms in total. The number of nitrogens with zero attached hydrogens (tertiary/aromatic N) is 1. The highest BCUT2D eigenvalue weighted by molar-refractivity contribution is 4.76. The molecule has 0 spiro atoms. The first kappa shape index (κ1) is 12.0. The molecule has 0 amide bonds. The molecule has 0 radical (unpaired) electrons. The van der Waals surface area contributed by atoms with Crippen LogP contribution in [0.2, 0.25) is 0 Å². The van der Waals surface area contributed by atoms with Crippen molar-refractivity contribution in [3.63, 3.8) is 0 Å². The van der Waals surface area contributed by atoms with E-state index in [4.69, 9.17) is 5.11 Å². The second-order valence-electron chi connectivity index (χ2n) is 5.82. The van der Waals surface area contributed by atoms with Crippen LogP contribution in [0.25, 0.3) is 0 Å². The highest BCUT2D eigenvalue weighted by Gasteiger charge is 2.23. The monoisotopic (exact) mass is 199 g/mol. The Hall–Kier alpha value is -0.0800. The van der Waals surface area contributed by atoms with Crippen molar-refractivity contribution in [2.24, 2.45) is 11.3 Å². The Labute approximate surface area is 88.3 Å². The number of hydrogen-bond acceptors (Lipinski definition) is 2. The molecular formula is C12H25NO. The Bertz CT molecular complexity index is 160. The molecule has 0 aliphatic carbocycles. The molecule has 1 unspecified atom stereocenters. The molecule has 1 saturated heterocycles. The molecule has 1 aliphatic heterocycles. The van der Waals surface area contributed by atoms with Crippen LogP contribution in [-0.2, 0) is 0 Å². The van der Waals surface area contributed by atoms with Crippen LogP contribution in [0.15, 0.2) is 0 Å². The molecule has 1 rings (SSSR count). The van der Waals surface area contributed by atoms with Gasteiger partial charge in [0.25, 0.3) is 0 Å². The van der Waals surface area contributed by atoms with Gasteiger partial charge in [-0.05, 0) is 37.1 Å². The van der Waals surface area contributed by atoms with E-state index in [9.17, 15) is 0 Å². The lowest BCUT2D eigenvalue weighted by Crippen LogP contribution is -2.40. The fourth-order valence-corrected chi connectivity index (χ4v) is 2.38. The average molecular weight is 199 g/mol. The van der Waals surface area contributed by atoms with Crippen LogP contribution in [0.3, 0.4) is 0 Å². The summed E-state index contributed by atoms with van der Waals surface area (Å²) in [5.74, 6) is 0.732. The molecule has 0 aromatic rings.